The van der Waals surface area contributed by atoms with Crippen LogP contribution in [-0.2, 0) is 0 Å². The van der Waals surface area contributed by atoms with Crippen LogP contribution in [0.4, 0.5) is 11.4 Å². The SMILES string of the molecule is Cc1cc([N+](=O)[O-])c(/C=C/N(C)C)cc1Br.Cc1cc([N+](=O)[O-])c(C=O)cc1Br.[Na+].[O-][I+3]([O-])([O-])[O-]. The number of rotatable bonds is 5. The van der Waals surface area contributed by atoms with Crippen molar-refractivity contribution in [2.45, 2.75) is 13.8 Å². The molecule has 0 radical (unpaired) electrons. The summed E-state index contributed by atoms with van der Waals surface area (Å²) in [6.45, 7) is 3.56. The quantitative estimate of drug-likeness (QED) is 0.0940. The van der Waals surface area contributed by atoms with Gasteiger partial charge in [0.05, 0.1) is 21.0 Å². The van der Waals surface area contributed by atoms with E-state index in [1.807, 2.05) is 25.9 Å². The van der Waals surface area contributed by atoms with Crippen LogP contribution in [-0.4, -0.2) is 35.1 Å². The van der Waals surface area contributed by atoms with Gasteiger partial charge in [0.2, 0.25) is 0 Å². The number of halogens is 3. The molecule has 0 saturated heterocycles. The molecule has 0 aliphatic heterocycles. The maximum Gasteiger partial charge on any atom is 1.00 e. The minimum Gasteiger partial charge on any atom is -0.383 e. The second-order valence-electron chi connectivity index (χ2n) is 6.61. The zero-order chi connectivity index (χ0) is 26.8. The van der Waals surface area contributed by atoms with Crippen LogP contribution in [0.1, 0.15) is 27.0 Å². The predicted octanol–water partition coefficient (Wildman–Crippen LogP) is -5.07. The van der Waals surface area contributed by atoms with E-state index in [1.165, 1.54) is 12.1 Å². The summed E-state index contributed by atoms with van der Waals surface area (Å²) in [6, 6.07) is 6.14. The smallest absolute Gasteiger partial charge is 0.383 e. The number of nitrogens with zero attached hydrogens (tertiary/aromatic N) is 3. The van der Waals surface area contributed by atoms with Gasteiger partial charge in [0, 0.05) is 35.2 Å². The normalized spacial score (nSPS) is 10.2. The van der Waals surface area contributed by atoms with E-state index in [0.717, 1.165) is 15.6 Å². The number of aldehydes is 1. The number of carbonyl (C=O) groups excluding carboxylic acids is 1. The minimum absolute atomic E-state index is 0. The summed E-state index contributed by atoms with van der Waals surface area (Å²) in [5.74, 6) is 0. The molecule has 0 aromatic heterocycles. The van der Waals surface area contributed by atoms with Crippen LogP contribution in [0.25, 0.3) is 6.08 Å². The van der Waals surface area contributed by atoms with E-state index >= 15 is 0 Å². The second-order valence-corrected chi connectivity index (χ2v) is 10.5. The van der Waals surface area contributed by atoms with Gasteiger partial charge in [0.25, 0.3) is 11.4 Å². The number of nitro groups is 2. The van der Waals surface area contributed by atoms with Gasteiger partial charge in [0.1, 0.15) is 20.1 Å². The third-order valence-corrected chi connectivity index (χ3v) is 5.40. The van der Waals surface area contributed by atoms with Crippen molar-refractivity contribution in [2.75, 3.05) is 14.1 Å². The van der Waals surface area contributed by atoms with Crippen LogP contribution in [0, 0.1) is 34.1 Å². The Balaban J connectivity index is 0. The Morgan fingerprint density at radius 2 is 1.17 bits per heavy atom. The average molecular weight is 743 g/mol. The molecule has 186 valence electrons. The first kappa shape index (κ1) is 36.1. The Kier molecular flexibility index (Phi) is 17.2. The van der Waals surface area contributed by atoms with Crippen LogP contribution in [0.15, 0.2) is 39.4 Å². The molecule has 0 atom stereocenters. The molecule has 0 amide bonds. The van der Waals surface area contributed by atoms with Crippen molar-refractivity contribution in [1.29, 1.82) is 0 Å². The van der Waals surface area contributed by atoms with E-state index in [9.17, 15) is 25.0 Å². The first-order valence-electron chi connectivity index (χ1n) is 8.78. The van der Waals surface area contributed by atoms with Crippen LogP contribution < -0.4 is 63.4 Å². The third kappa shape index (κ3) is 15.0. The summed E-state index contributed by atoms with van der Waals surface area (Å²) in [5, 5.41) is 21.3. The van der Waals surface area contributed by atoms with Gasteiger partial charge in [0.15, 0.2) is 6.29 Å². The predicted molar refractivity (Wildman–Crippen MR) is 119 cm³/mol. The van der Waals surface area contributed by atoms with Crippen LogP contribution in [0.2, 0.25) is 0 Å². The molecule has 2 aromatic carbocycles. The Labute approximate surface area is 246 Å². The molecule has 0 bridgehead atoms. The van der Waals surface area contributed by atoms with E-state index in [0.29, 0.717) is 16.3 Å². The van der Waals surface area contributed by atoms with E-state index < -0.39 is 25.0 Å². The molecule has 12 nitrogen and oxygen atoms in total. The molecule has 0 N–H and O–H groups in total. The van der Waals surface area contributed by atoms with E-state index in [1.54, 1.807) is 31.3 Å². The van der Waals surface area contributed by atoms with Gasteiger partial charge in [-0.1, -0.05) is 31.9 Å². The fourth-order valence-electron chi connectivity index (χ4n) is 2.14. The van der Waals surface area contributed by atoms with Crippen LogP contribution in [0.5, 0.6) is 0 Å². The summed E-state index contributed by atoms with van der Waals surface area (Å²) < 4.78 is 36.0. The summed E-state index contributed by atoms with van der Waals surface area (Å²) in [4.78, 5) is 32.7. The molecule has 0 unspecified atom stereocenters. The first-order valence-corrected chi connectivity index (χ1v) is 13.9. The molecule has 2 rings (SSSR count). The maximum absolute atomic E-state index is 10.9. The van der Waals surface area contributed by atoms with Crippen molar-refractivity contribution >= 4 is 55.6 Å². The van der Waals surface area contributed by atoms with Crippen molar-refractivity contribution in [3.63, 3.8) is 0 Å². The number of aryl methyl sites for hydroxylation is 2. The number of hydrogen-bond acceptors (Lipinski definition) is 10. The molecular formula is C19H19Br2IN3NaO9. The molecule has 35 heavy (non-hydrogen) atoms. The zero-order valence-corrected chi connectivity index (χ0v) is 26.5. The number of carbonyl (C=O) groups is 1. The number of hydrogen-bond donors (Lipinski definition) is 0. The van der Waals surface area contributed by atoms with Gasteiger partial charge in [-0.3, -0.25) is 38.8 Å². The molecule has 0 heterocycles. The molecule has 2 aromatic rings. The zero-order valence-electron chi connectivity index (χ0n) is 19.2. The van der Waals surface area contributed by atoms with Crippen LogP contribution >= 0.6 is 31.9 Å². The molecule has 0 aliphatic rings. The monoisotopic (exact) mass is 741 g/mol. The molecular weight excluding hydrogens is 724 g/mol. The van der Waals surface area contributed by atoms with E-state index in [-0.39, 0.29) is 51.4 Å². The Morgan fingerprint density at radius 1 is 0.829 bits per heavy atom. The van der Waals surface area contributed by atoms with Crippen LogP contribution in [0.3, 0.4) is 0 Å². The largest absolute Gasteiger partial charge is 1.00 e. The average Bonchev–Trinajstić information content (AvgIpc) is 2.69. The second kappa shape index (κ2) is 16.7. The summed E-state index contributed by atoms with van der Waals surface area (Å²) >= 11 is 0.615. The Hall–Kier alpha value is -1.02. The minimum atomic E-state index is -5.94. The number of benzene rings is 2. The molecule has 0 spiro atoms. The van der Waals surface area contributed by atoms with E-state index in [4.69, 9.17) is 13.7 Å². The first-order chi connectivity index (χ1) is 15.5. The molecule has 0 fully saturated rings. The van der Waals surface area contributed by atoms with Gasteiger partial charge >= 0.3 is 29.6 Å². The van der Waals surface area contributed by atoms with Crippen molar-refractivity contribution in [1.82, 2.24) is 4.90 Å². The standard InChI is InChI=1S/C11H13BrN2O2.C8H6BrNO3.IO4.Na/c1-8-6-11(14(15)16)9(7-10(8)12)4-5-13(2)3;1-5-2-8(10(12)13)6(4-11)3-7(5)9;2-1(3,4)5;/h4-7H,1-3H3;2-4H,1H3;;/q;;-1;+1/b5-4+;;;. The van der Waals surface area contributed by atoms with Crippen molar-refractivity contribution in [3.05, 3.63) is 81.9 Å². The van der Waals surface area contributed by atoms with Crippen molar-refractivity contribution < 1.29 is 78.0 Å². The maximum atomic E-state index is 10.9. The van der Waals surface area contributed by atoms with E-state index in [2.05, 4.69) is 31.9 Å². The van der Waals surface area contributed by atoms with Gasteiger partial charge in [-0.15, -0.1) is 0 Å². The van der Waals surface area contributed by atoms with Crippen molar-refractivity contribution in [2.24, 2.45) is 0 Å². The Morgan fingerprint density at radius 3 is 1.49 bits per heavy atom. The van der Waals surface area contributed by atoms with Crippen molar-refractivity contribution in [3.8, 4) is 0 Å². The fraction of sp³-hybridized carbons (Fsp3) is 0.211. The molecule has 0 saturated carbocycles. The van der Waals surface area contributed by atoms with Gasteiger partial charge in [-0.2, -0.15) is 0 Å². The molecule has 16 heteroatoms. The van der Waals surface area contributed by atoms with Gasteiger partial charge in [-0.05, 0) is 49.4 Å². The Bertz CT molecular complexity index is 1070. The van der Waals surface area contributed by atoms with Gasteiger partial charge in [-0.25, -0.2) is 0 Å². The number of nitro benzene ring substituents is 2. The summed E-state index contributed by atoms with van der Waals surface area (Å²) in [7, 11) is 3.73. The third-order valence-electron chi connectivity index (χ3n) is 3.69. The van der Waals surface area contributed by atoms with Gasteiger partial charge < -0.3 is 4.90 Å². The fourth-order valence-corrected chi connectivity index (χ4v) is 2.86. The summed E-state index contributed by atoms with van der Waals surface area (Å²) in [6.07, 6.45) is 3.98. The topological polar surface area (TPSA) is 199 Å². The molecule has 0 aliphatic carbocycles. The summed E-state index contributed by atoms with van der Waals surface area (Å²) in [5.41, 5.74) is 2.24.